The van der Waals surface area contributed by atoms with Gasteiger partial charge in [0.15, 0.2) is 0 Å². The molecule has 0 saturated carbocycles. The van der Waals surface area contributed by atoms with E-state index in [1.165, 1.54) is 10.9 Å². The molecule has 3 heteroatoms. The smallest absolute Gasteiger partial charge is 0.119 e. The summed E-state index contributed by atoms with van der Waals surface area (Å²) in [6.07, 6.45) is 0.755. The quantitative estimate of drug-likeness (QED) is 0.844. The van der Waals surface area contributed by atoms with Crippen LogP contribution in [0.1, 0.15) is 5.56 Å². The van der Waals surface area contributed by atoms with Crippen LogP contribution in [0.3, 0.4) is 0 Å². The molecular formula is C16H15NO2. The number of benzene rings is 2. The van der Waals surface area contributed by atoms with Crippen molar-refractivity contribution >= 4 is 10.8 Å². The van der Waals surface area contributed by atoms with Gasteiger partial charge in [-0.25, -0.2) is 0 Å². The molecule has 3 rings (SSSR count). The monoisotopic (exact) mass is 253 g/mol. The molecule has 0 radical (unpaired) electrons. The first-order valence-electron chi connectivity index (χ1n) is 6.30. The van der Waals surface area contributed by atoms with E-state index in [2.05, 4.69) is 24.3 Å². The average Bonchev–Trinajstić information content (AvgIpc) is 2.42. The van der Waals surface area contributed by atoms with Crippen molar-refractivity contribution in [1.29, 1.82) is 5.26 Å². The Hall–Kier alpha value is -2.05. The maximum Gasteiger partial charge on any atom is 0.119 e. The Balaban J connectivity index is 1.92. The van der Waals surface area contributed by atoms with Crippen molar-refractivity contribution in [2.24, 2.45) is 5.41 Å². The Morgan fingerprint density at radius 2 is 1.95 bits per heavy atom. The van der Waals surface area contributed by atoms with Gasteiger partial charge in [-0.15, -0.1) is 0 Å². The number of fused-ring (bicyclic) bond motifs is 1. The predicted octanol–water partition coefficient (Wildman–Crippen LogP) is 2.93. The lowest BCUT2D eigenvalue weighted by atomic mass is 9.81. The summed E-state index contributed by atoms with van der Waals surface area (Å²) in [6, 6.07) is 14.7. The van der Waals surface area contributed by atoms with E-state index in [-0.39, 0.29) is 5.41 Å². The van der Waals surface area contributed by atoms with Crippen molar-refractivity contribution in [3.8, 4) is 11.8 Å². The number of hydrogen-bond donors (Lipinski definition) is 0. The fourth-order valence-electron chi connectivity index (χ4n) is 2.46. The summed E-state index contributed by atoms with van der Waals surface area (Å²) < 4.78 is 10.4. The minimum absolute atomic E-state index is 0.319. The van der Waals surface area contributed by atoms with E-state index in [1.807, 2.05) is 18.2 Å². The van der Waals surface area contributed by atoms with Gasteiger partial charge in [0.25, 0.3) is 0 Å². The van der Waals surface area contributed by atoms with Crippen LogP contribution in [-0.2, 0) is 11.2 Å². The molecule has 1 aliphatic heterocycles. The van der Waals surface area contributed by atoms with Crippen molar-refractivity contribution in [2.45, 2.75) is 6.42 Å². The highest BCUT2D eigenvalue weighted by Crippen LogP contribution is 2.32. The Kier molecular flexibility index (Phi) is 2.88. The molecule has 0 aromatic heterocycles. The van der Waals surface area contributed by atoms with E-state index >= 15 is 0 Å². The van der Waals surface area contributed by atoms with Gasteiger partial charge < -0.3 is 9.47 Å². The topological polar surface area (TPSA) is 42.2 Å². The van der Waals surface area contributed by atoms with Crippen LogP contribution in [0.15, 0.2) is 36.4 Å². The minimum Gasteiger partial charge on any atom is -0.497 e. The maximum absolute atomic E-state index is 9.23. The Bertz CT molecular complexity index is 653. The number of nitriles is 1. The minimum atomic E-state index is -0.319. The first-order valence-corrected chi connectivity index (χ1v) is 6.30. The van der Waals surface area contributed by atoms with E-state index in [9.17, 15) is 5.26 Å². The molecular weight excluding hydrogens is 238 g/mol. The molecule has 2 aromatic rings. The summed E-state index contributed by atoms with van der Waals surface area (Å²) >= 11 is 0. The van der Waals surface area contributed by atoms with Crippen LogP contribution in [-0.4, -0.2) is 20.3 Å². The van der Waals surface area contributed by atoms with Gasteiger partial charge in [-0.05, 0) is 34.9 Å². The molecule has 0 aliphatic carbocycles. The molecule has 0 unspecified atom stereocenters. The van der Waals surface area contributed by atoms with Crippen LogP contribution in [0, 0.1) is 16.7 Å². The van der Waals surface area contributed by atoms with Crippen molar-refractivity contribution in [2.75, 3.05) is 20.3 Å². The SMILES string of the molecule is COc1ccc2cc(CC3(C#N)COC3)ccc2c1. The predicted molar refractivity (Wildman–Crippen MR) is 73.1 cm³/mol. The van der Waals surface area contributed by atoms with Gasteiger partial charge in [-0.2, -0.15) is 5.26 Å². The standard InChI is InChI=1S/C16H15NO2/c1-18-15-5-4-13-6-12(2-3-14(13)7-15)8-16(9-17)10-19-11-16/h2-7H,8,10-11H2,1H3. The zero-order chi connectivity index (χ0) is 13.3. The molecule has 0 atom stereocenters. The fourth-order valence-corrected chi connectivity index (χ4v) is 2.46. The zero-order valence-corrected chi connectivity index (χ0v) is 10.8. The van der Waals surface area contributed by atoms with Crippen LogP contribution in [0.5, 0.6) is 5.75 Å². The lowest BCUT2D eigenvalue weighted by Gasteiger charge is -2.35. The highest BCUT2D eigenvalue weighted by molar-refractivity contribution is 5.84. The van der Waals surface area contributed by atoms with Crippen molar-refractivity contribution < 1.29 is 9.47 Å². The third-order valence-corrected chi connectivity index (χ3v) is 3.65. The van der Waals surface area contributed by atoms with Crippen LogP contribution in [0.25, 0.3) is 10.8 Å². The Morgan fingerprint density at radius 3 is 2.58 bits per heavy atom. The number of methoxy groups -OCH3 is 1. The van der Waals surface area contributed by atoms with Gasteiger partial charge in [0, 0.05) is 0 Å². The molecule has 0 bridgehead atoms. The van der Waals surface area contributed by atoms with Crippen LogP contribution in [0.4, 0.5) is 0 Å². The first-order chi connectivity index (χ1) is 9.24. The van der Waals surface area contributed by atoms with Crippen LogP contribution < -0.4 is 4.74 Å². The van der Waals surface area contributed by atoms with Gasteiger partial charge in [-0.1, -0.05) is 24.3 Å². The summed E-state index contributed by atoms with van der Waals surface area (Å²) in [5, 5.41) is 11.6. The third-order valence-electron chi connectivity index (χ3n) is 3.65. The summed E-state index contributed by atoms with van der Waals surface area (Å²) in [5.74, 6) is 0.862. The lowest BCUT2D eigenvalue weighted by molar-refractivity contribution is -0.0765. The van der Waals surface area contributed by atoms with Gasteiger partial charge >= 0.3 is 0 Å². The maximum atomic E-state index is 9.23. The van der Waals surface area contributed by atoms with Gasteiger partial charge in [0.2, 0.25) is 0 Å². The van der Waals surface area contributed by atoms with E-state index < -0.39 is 0 Å². The van der Waals surface area contributed by atoms with E-state index in [1.54, 1.807) is 7.11 Å². The number of hydrogen-bond acceptors (Lipinski definition) is 3. The van der Waals surface area contributed by atoms with E-state index in [0.29, 0.717) is 13.2 Å². The van der Waals surface area contributed by atoms with Gasteiger partial charge in [0.05, 0.1) is 26.4 Å². The first kappa shape index (κ1) is 12.0. The Morgan fingerprint density at radius 1 is 1.21 bits per heavy atom. The second-order valence-electron chi connectivity index (χ2n) is 5.11. The van der Waals surface area contributed by atoms with Crippen LogP contribution in [0.2, 0.25) is 0 Å². The van der Waals surface area contributed by atoms with Crippen molar-refractivity contribution in [3.63, 3.8) is 0 Å². The molecule has 3 nitrogen and oxygen atoms in total. The van der Waals surface area contributed by atoms with E-state index in [4.69, 9.17) is 9.47 Å². The molecule has 0 N–H and O–H groups in total. The van der Waals surface area contributed by atoms with Gasteiger partial charge in [0.1, 0.15) is 11.2 Å². The summed E-state index contributed by atoms with van der Waals surface area (Å²) in [5.41, 5.74) is 0.864. The molecule has 1 fully saturated rings. The van der Waals surface area contributed by atoms with Gasteiger partial charge in [-0.3, -0.25) is 0 Å². The summed E-state index contributed by atoms with van der Waals surface area (Å²) in [4.78, 5) is 0. The Labute approximate surface area is 112 Å². The molecule has 2 aromatic carbocycles. The summed E-state index contributed by atoms with van der Waals surface area (Å²) in [6.45, 7) is 1.09. The molecule has 19 heavy (non-hydrogen) atoms. The average molecular weight is 253 g/mol. The largest absolute Gasteiger partial charge is 0.497 e. The summed E-state index contributed by atoms with van der Waals surface area (Å²) in [7, 11) is 1.67. The number of nitrogens with zero attached hydrogens (tertiary/aromatic N) is 1. The normalized spacial score (nSPS) is 16.6. The molecule has 0 spiro atoms. The number of rotatable bonds is 3. The highest BCUT2D eigenvalue weighted by atomic mass is 16.5. The molecule has 1 heterocycles. The molecule has 0 amide bonds. The van der Waals surface area contributed by atoms with Crippen LogP contribution >= 0.6 is 0 Å². The number of ether oxygens (including phenoxy) is 2. The molecule has 1 aliphatic rings. The second-order valence-corrected chi connectivity index (χ2v) is 5.11. The van der Waals surface area contributed by atoms with E-state index in [0.717, 1.165) is 17.6 Å². The lowest BCUT2D eigenvalue weighted by Crippen LogP contribution is -2.43. The molecule has 1 saturated heterocycles. The van der Waals surface area contributed by atoms with Crippen molar-refractivity contribution in [3.05, 3.63) is 42.0 Å². The highest BCUT2D eigenvalue weighted by Gasteiger charge is 2.38. The molecule has 96 valence electrons. The van der Waals surface area contributed by atoms with Crippen molar-refractivity contribution in [1.82, 2.24) is 0 Å². The second kappa shape index (κ2) is 4.56. The third kappa shape index (κ3) is 2.16. The fraction of sp³-hybridized carbons (Fsp3) is 0.312. The zero-order valence-electron chi connectivity index (χ0n) is 10.8.